The molecule has 19 heavy (non-hydrogen) atoms. The minimum atomic E-state index is -0.0931. The van der Waals surface area contributed by atoms with Crippen molar-refractivity contribution in [2.75, 3.05) is 20.8 Å². The van der Waals surface area contributed by atoms with Crippen molar-refractivity contribution >= 4 is 5.91 Å². The van der Waals surface area contributed by atoms with Crippen LogP contribution >= 0.6 is 0 Å². The zero-order chi connectivity index (χ0) is 14.3. The zero-order valence-electron chi connectivity index (χ0n) is 11.6. The van der Waals surface area contributed by atoms with Crippen molar-refractivity contribution in [2.45, 2.75) is 25.8 Å². The molecular weight excluding hydrogens is 246 g/mol. The number of methoxy groups -OCH3 is 2. The molecule has 1 aromatic rings. The van der Waals surface area contributed by atoms with Crippen molar-refractivity contribution in [1.82, 2.24) is 5.32 Å². The van der Waals surface area contributed by atoms with Gasteiger partial charge in [0.25, 0.3) is 0 Å². The van der Waals surface area contributed by atoms with E-state index in [2.05, 4.69) is 5.32 Å². The van der Waals surface area contributed by atoms with Crippen molar-refractivity contribution < 1.29 is 19.4 Å². The van der Waals surface area contributed by atoms with Crippen LogP contribution in [0.5, 0.6) is 11.5 Å². The lowest BCUT2D eigenvalue weighted by Gasteiger charge is -2.14. The molecule has 0 spiro atoms. The van der Waals surface area contributed by atoms with E-state index in [4.69, 9.17) is 14.6 Å². The Balaban J connectivity index is 2.68. The Morgan fingerprint density at radius 3 is 2.68 bits per heavy atom. The van der Waals surface area contributed by atoms with Crippen molar-refractivity contribution in [3.05, 3.63) is 23.8 Å². The summed E-state index contributed by atoms with van der Waals surface area (Å²) in [6, 6.07) is 5.32. The number of amides is 1. The molecule has 5 heteroatoms. The van der Waals surface area contributed by atoms with Gasteiger partial charge in [-0.15, -0.1) is 0 Å². The third-order valence-corrected chi connectivity index (χ3v) is 2.81. The third kappa shape index (κ3) is 4.79. The Morgan fingerprint density at radius 2 is 2.11 bits per heavy atom. The Hall–Kier alpha value is -1.75. The lowest BCUT2D eigenvalue weighted by atomic mass is 10.1. The van der Waals surface area contributed by atoms with Crippen LogP contribution in [-0.2, 0) is 11.2 Å². The van der Waals surface area contributed by atoms with E-state index in [0.717, 1.165) is 5.56 Å². The molecule has 1 amide bonds. The van der Waals surface area contributed by atoms with Crippen LogP contribution in [0, 0.1) is 0 Å². The number of benzene rings is 1. The number of ether oxygens (including phenoxy) is 2. The minimum Gasteiger partial charge on any atom is -0.497 e. The molecule has 1 aromatic carbocycles. The van der Waals surface area contributed by atoms with Gasteiger partial charge in [-0.2, -0.15) is 0 Å². The fourth-order valence-corrected chi connectivity index (χ4v) is 1.76. The SMILES string of the molecule is COc1ccc(CC(=O)NC(C)CCO)c(OC)c1. The second kappa shape index (κ2) is 7.63. The highest BCUT2D eigenvalue weighted by atomic mass is 16.5. The topological polar surface area (TPSA) is 67.8 Å². The predicted octanol–water partition coefficient (Wildman–Crippen LogP) is 1.13. The molecule has 0 heterocycles. The maximum Gasteiger partial charge on any atom is 0.224 e. The molecule has 0 bridgehead atoms. The van der Waals surface area contributed by atoms with Gasteiger partial charge in [-0.25, -0.2) is 0 Å². The van der Waals surface area contributed by atoms with Crippen molar-refractivity contribution in [1.29, 1.82) is 0 Å². The fraction of sp³-hybridized carbons (Fsp3) is 0.500. The second-order valence-corrected chi connectivity index (χ2v) is 4.34. The van der Waals surface area contributed by atoms with E-state index in [0.29, 0.717) is 17.9 Å². The first kappa shape index (κ1) is 15.3. The Kier molecular flexibility index (Phi) is 6.15. The van der Waals surface area contributed by atoms with Gasteiger partial charge in [0.05, 0.1) is 20.6 Å². The third-order valence-electron chi connectivity index (χ3n) is 2.81. The van der Waals surface area contributed by atoms with Crippen LogP contribution in [-0.4, -0.2) is 37.9 Å². The van der Waals surface area contributed by atoms with Crippen molar-refractivity contribution in [2.24, 2.45) is 0 Å². The number of hydrogen-bond donors (Lipinski definition) is 2. The molecule has 0 radical (unpaired) electrons. The molecule has 106 valence electrons. The number of nitrogens with one attached hydrogen (secondary N) is 1. The fourth-order valence-electron chi connectivity index (χ4n) is 1.76. The van der Waals surface area contributed by atoms with Crippen LogP contribution < -0.4 is 14.8 Å². The number of aliphatic hydroxyl groups excluding tert-OH is 1. The maximum absolute atomic E-state index is 11.8. The molecular formula is C14H21NO4. The van der Waals surface area contributed by atoms with Gasteiger partial charge in [-0.1, -0.05) is 6.07 Å². The first-order valence-corrected chi connectivity index (χ1v) is 6.21. The molecule has 0 fully saturated rings. The summed E-state index contributed by atoms with van der Waals surface area (Å²) in [6.07, 6.45) is 0.786. The molecule has 0 saturated carbocycles. The van der Waals surface area contributed by atoms with E-state index >= 15 is 0 Å². The van der Waals surface area contributed by atoms with Crippen LogP contribution in [0.2, 0.25) is 0 Å². The quantitative estimate of drug-likeness (QED) is 0.777. The summed E-state index contributed by atoms with van der Waals surface area (Å²) in [4.78, 5) is 11.8. The van der Waals surface area contributed by atoms with Crippen LogP contribution in [0.4, 0.5) is 0 Å². The highest BCUT2D eigenvalue weighted by Gasteiger charge is 2.12. The lowest BCUT2D eigenvalue weighted by Crippen LogP contribution is -2.34. The van der Waals surface area contributed by atoms with Crippen LogP contribution in [0.1, 0.15) is 18.9 Å². The number of rotatable bonds is 7. The average Bonchev–Trinajstić information content (AvgIpc) is 2.39. The molecule has 1 rings (SSSR count). The number of carbonyl (C=O) groups is 1. The van der Waals surface area contributed by atoms with Crippen molar-refractivity contribution in [3.8, 4) is 11.5 Å². The molecule has 0 aliphatic heterocycles. The van der Waals surface area contributed by atoms with Gasteiger partial charge in [0.2, 0.25) is 5.91 Å². The van der Waals surface area contributed by atoms with E-state index < -0.39 is 0 Å². The number of hydrogen-bond acceptors (Lipinski definition) is 4. The highest BCUT2D eigenvalue weighted by molar-refractivity contribution is 5.79. The summed E-state index contributed by atoms with van der Waals surface area (Å²) in [5.74, 6) is 1.23. The van der Waals surface area contributed by atoms with E-state index in [-0.39, 0.29) is 25.0 Å². The standard InChI is InChI=1S/C14H21NO4/c1-10(6-7-16)15-14(17)8-11-4-5-12(18-2)9-13(11)19-3/h4-5,9-10,16H,6-8H2,1-3H3,(H,15,17). The molecule has 0 aromatic heterocycles. The summed E-state index contributed by atoms with van der Waals surface area (Å²) < 4.78 is 10.3. The van der Waals surface area contributed by atoms with Gasteiger partial charge < -0.3 is 19.9 Å². The highest BCUT2D eigenvalue weighted by Crippen LogP contribution is 2.24. The number of carbonyl (C=O) groups excluding carboxylic acids is 1. The van der Waals surface area contributed by atoms with E-state index in [9.17, 15) is 4.79 Å². The smallest absolute Gasteiger partial charge is 0.224 e. The van der Waals surface area contributed by atoms with Crippen molar-refractivity contribution in [3.63, 3.8) is 0 Å². The van der Waals surface area contributed by atoms with Crippen LogP contribution in [0.3, 0.4) is 0 Å². The zero-order valence-corrected chi connectivity index (χ0v) is 11.6. The number of aliphatic hydroxyl groups is 1. The Labute approximate surface area is 113 Å². The molecule has 0 saturated heterocycles. The lowest BCUT2D eigenvalue weighted by molar-refractivity contribution is -0.121. The van der Waals surface area contributed by atoms with Gasteiger partial charge in [-0.05, 0) is 19.4 Å². The Bertz CT molecular complexity index is 420. The van der Waals surface area contributed by atoms with Gasteiger partial charge in [0.1, 0.15) is 11.5 Å². The molecule has 1 atom stereocenters. The molecule has 2 N–H and O–H groups in total. The van der Waals surface area contributed by atoms with E-state index in [1.54, 1.807) is 26.4 Å². The van der Waals surface area contributed by atoms with E-state index in [1.807, 2.05) is 13.0 Å². The maximum atomic E-state index is 11.8. The molecule has 1 unspecified atom stereocenters. The monoisotopic (exact) mass is 267 g/mol. The summed E-state index contributed by atoms with van der Waals surface area (Å²) in [5, 5.41) is 11.6. The van der Waals surface area contributed by atoms with Gasteiger partial charge in [0, 0.05) is 24.3 Å². The Morgan fingerprint density at radius 1 is 1.37 bits per heavy atom. The molecule has 5 nitrogen and oxygen atoms in total. The summed E-state index contributed by atoms with van der Waals surface area (Å²) in [6.45, 7) is 1.92. The average molecular weight is 267 g/mol. The summed E-state index contributed by atoms with van der Waals surface area (Å²) in [7, 11) is 3.14. The largest absolute Gasteiger partial charge is 0.497 e. The van der Waals surface area contributed by atoms with Crippen LogP contribution in [0.25, 0.3) is 0 Å². The normalized spacial score (nSPS) is 11.8. The first-order chi connectivity index (χ1) is 9.10. The van der Waals surface area contributed by atoms with Crippen LogP contribution in [0.15, 0.2) is 18.2 Å². The predicted molar refractivity (Wildman–Crippen MR) is 72.6 cm³/mol. The first-order valence-electron chi connectivity index (χ1n) is 6.21. The summed E-state index contributed by atoms with van der Waals surface area (Å²) >= 11 is 0. The van der Waals surface area contributed by atoms with E-state index in [1.165, 1.54) is 0 Å². The minimum absolute atomic E-state index is 0.0401. The summed E-state index contributed by atoms with van der Waals surface area (Å²) in [5.41, 5.74) is 0.803. The second-order valence-electron chi connectivity index (χ2n) is 4.34. The molecule has 0 aliphatic carbocycles. The van der Waals surface area contributed by atoms with Gasteiger partial charge in [-0.3, -0.25) is 4.79 Å². The van der Waals surface area contributed by atoms with Gasteiger partial charge >= 0.3 is 0 Å². The van der Waals surface area contributed by atoms with Gasteiger partial charge in [0.15, 0.2) is 0 Å². The molecule has 0 aliphatic rings.